The van der Waals surface area contributed by atoms with Crippen LogP contribution in [0.4, 0.5) is 20.7 Å². The standard InChI is InChI=1S/C18H15ClFN7O4/c1-8(10-5-9(19)6-21-15(10)20)27(18(29)30)17-14(24-25-26(17)2)11-3-4-12-16(23-11)31-7-13(28)22-12/h3-6,8H,7H2,1-2H3,(H,22,28)(H,29,30)/t8-/m1/s1. The SMILES string of the molecule is C[C@H](c1cc(Cl)cnc1F)N(C(=O)O)c1c(-c2ccc3c(n2)OCC(=O)N3)nnn1C. The molecule has 11 nitrogen and oxygen atoms in total. The van der Waals surface area contributed by atoms with Gasteiger partial charge in [-0.05, 0) is 25.1 Å². The number of hydrogen-bond acceptors (Lipinski definition) is 7. The monoisotopic (exact) mass is 447 g/mol. The predicted octanol–water partition coefficient (Wildman–Crippen LogP) is 2.64. The van der Waals surface area contributed by atoms with Crippen molar-refractivity contribution in [2.45, 2.75) is 13.0 Å². The summed E-state index contributed by atoms with van der Waals surface area (Å²) in [7, 11) is 1.50. The number of aromatic nitrogens is 5. The third-order valence-corrected chi connectivity index (χ3v) is 4.83. The fraction of sp³-hybridized carbons (Fsp3) is 0.222. The molecule has 4 rings (SSSR count). The highest BCUT2D eigenvalue weighted by Crippen LogP contribution is 2.36. The van der Waals surface area contributed by atoms with Gasteiger partial charge in [-0.15, -0.1) is 5.10 Å². The molecule has 0 unspecified atom stereocenters. The van der Waals surface area contributed by atoms with Crippen molar-refractivity contribution in [1.82, 2.24) is 25.0 Å². The summed E-state index contributed by atoms with van der Waals surface area (Å²) in [5.41, 5.74) is 0.726. The molecule has 1 aliphatic rings. The van der Waals surface area contributed by atoms with E-state index >= 15 is 0 Å². The molecule has 2 amide bonds. The van der Waals surface area contributed by atoms with Gasteiger partial charge in [0, 0.05) is 18.8 Å². The Hall–Kier alpha value is -3.80. The van der Waals surface area contributed by atoms with Crippen LogP contribution in [-0.4, -0.2) is 48.7 Å². The van der Waals surface area contributed by atoms with Crippen LogP contribution in [0.2, 0.25) is 5.02 Å². The van der Waals surface area contributed by atoms with Crippen molar-refractivity contribution in [3.63, 3.8) is 0 Å². The second kappa shape index (κ2) is 7.80. The number of halogens is 2. The van der Waals surface area contributed by atoms with E-state index in [0.717, 1.165) is 11.1 Å². The maximum absolute atomic E-state index is 14.3. The molecule has 0 aliphatic carbocycles. The Morgan fingerprint density at radius 2 is 2.23 bits per heavy atom. The van der Waals surface area contributed by atoms with Crippen molar-refractivity contribution in [3.05, 3.63) is 40.9 Å². The summed E-state index contributed by atoms with van der Waals surface area (Å²) in [5, 5.41) is 20.7. The number of carbonyl (C=O) groups is 2. The number of nitrogens with one attached hydrogen (secondary N) is 1. The Balaban J connectivity index is 1.80. The molecule has 3 aromatic rings. The van der Waals surface area contributed by atoms with Crippen molar-refractivity contribution in [2.24, 2.45) is 7.05 Å². The van der Waals surface area contributed by atoms with Crippen molar-refractivity contribution in [1.29, 1.82) is 0 Å². The highest BCUT2D eigenvalue weighted by atomic mass is 35.5. The summed E-state index contributed by atoms with van der Waals surface area (Å²) in [6.45, 7) is 1.29. The number of amides is 2. The molecule has 31 heavy (non-hydrogen) atoms. The van der Waals surface area contributed by atoms with Crippen molar-refractivity contribution < 1.29 is 23.8 Å². The zero-order valence-corrected chi connectivity index (χ0v) is 17.0. The number of rotatable bonds is 4. The molecule has 1 atom stereocenters. The lowest BCUT2D eigenvalue weighted by Crippen LogP contribution is -2.34. The lowest BCUT2D eigenvalue weighted by molar-refractivity contribution is -0.118. The lowest BCUT2D eigenvalue weighted by atomic mass is 10.1. The highest BCUT2D eigenvalue weighted by molar-refractivity contribution is 6.30. The second-order valence-corrected chi connectivity index (χ2v) is 7.07. The Labute approximate surface area is 179 Å². The molecule has 2 N–H and O–H groups in total. The summed E-state index contributed by atoms with van der Waals surface area (Å²) < 4.78 is 20.9. The van der Waals surface area contributed by atoms with Crippen LogP contribution in [-0.2, 0) is 11.8 Å². The Morgan fingerprint density at radius 3 is 2.97 bits per heavy atom. The van der Waals surface area contributed by atoms with E-state index < -0.39 is 18.1 Å². The minimum absolute atomic E-state index is 0.0218. The van der Waals surface area contributed by atoms with E-state index in [9.17, 15) is 19.1 Å². The summed E-state index contributed by atoms with van der Waals surface area (Å²) in [5.74, 6) is -0.957. The van der Waals surface area contributed by atoms with Crippen LogP contribution in [0.15, 0.2) is 24.4 Å². The van der Waals surface area contributed by atoms with Gasteiger partial charge >= 0.3 is 6.09 Å². The molecule has 1 aliphatic heterocycles. The smallest absolute Gasteiger partial charge is 0.413 e. The number of nitrogens with zero attached hydrogens (tertiary/aromatic N) is 6. The van der Waals surface area contributed by atoms with Crippen molar-refractivity contribution in [3.8, 4) is 17.3 Å². The molecule has 0 fully saturated rings. The number of carboxylic acid groups (broad SMARTS) is 1. The zero-order chi connectivity index (χ0) is 22.3. The maximum atomic E-state index is 14.3. The lowest BCUT2D eigenvalue weighted by Gasteiger charge is -2.27. The first kappa shape index (κ1) is 20.5. The van der Waals surface area contributed by atoms with E-state index in [4.69, 9.17) is 16.3 Å². The topological polar surface area (TPSA) is 135 Å². The molecule has 0 radical (unpaired) electrons. The third-order valence-electron chi connectivity index (χ3n) is 4.62. The molecule has 4 heterocycles. The van der Waals surface area contributed by atoms with Crippen LogP contribution in [0.1, 0.15) is 18.5 Å². The van der Waals surface area contributed by atoms with Crippen LogP contribution >= 0.6 is 11.6 Å². The third kappa shape index (κ3) is 3.72. The van der Waals surface area contributed by atoms with Gasteiger partial charge in [0.2, 0.25) is 11.8 Å². The number of hydrogen-bond donors (Lipinski definition) is 2. The van der Waals surface area contributed by atoms with Crippen LogP contribution in [0.3, 0.4) is 0 Å². The number of aryl methyl sites for hydroxylation is 1. The molecular formula is C18H15ClFN7O4. The van der Waals surface area contributed by atoms with E-state index in [1.54, 1.807) is 6.07 Å². The molecule has 13 heteroatoms. The quantitative estimate of drug-likeness (QED) is 0.582. The normalized spacial score (nSPS) is 13.7. The van der Waals surface area contributed by atoms with Gasteiger partial charge in [-0.25, -0.2) is 19.4 Å². The molecule has 0 saturated heterocycles. The van der Waals surface area contributed by atoms with E-state index in [0.29, 0.717) is 5.69 Å². The molecule has 0 saturated carbocycles. The summed E-state index contributed by atoms with van der Waals surface area (Å²) in [4.78, 5) is 32.4. The molecular weight excluding hydrogens is 433 g/mol. The van der Waals surface area contributed by atoms with Crippen LogP contribution < -0.4 is 15.0 Å². The molecule has 0 aromatic carbocycles. The molecule has 3 aromatic heterocycles. The fourth-order valence-corrected chi connectivity index (χ4v) is 3.36. The van der Waals surface area contributed by atoms with Gasteiger partial charge in [0.15, 0.2) is 18.1 Å². The average molecular weight is 448 g/mol. The number of ether oxygens (including phenoxy) is 1. The van der Waals surface area contributed by atoms with Gasteiger partial charge in [0.1, 0.15) is 5.69 Å². The van der Waals surface area contributed by atoms with Crippen LogP contribution in [0, 0.1) is 5.95 Å². The van der Waals surface area contributed by atoms with Gasteiger partial charge in [-0.3, -0.25) is 9.69 Å². The average Bonchev–Trinajstić information content (AvgIpc) is 3.10. The fourth-order valence-electron chi connectivity index (χ4n) is 3.20. The Bertz CT molecular complexity index is 1200. The summed E-state index contributed by atoms with van der Waals surface area (Å²) >= 11 is 5.93. The second-order valence-electron chi connectivity index (χ2n) is 6.63. The maximum Gasteiger partial charge on any atom is 0.413 e. The molecule has 0 spiro atoms. The zero-order valence-electron chi connectivity index (χ0n) is 16.2. The molecule has 160 valence electrons. The first-order chi connectivity index (χ1) is 14.8. The Kier molecular flexibility index (Phi) is 5.15. The largest absolute Gasteiger partial charge is 0.466 e. The first-order valence-corrected chi connectivity index (χ1v) is 9.31. The number of carbonyl (C=O) groups excluding carboxylic acids is 1. The number of anilines is 2. The van der Waals surface area contributed by atoms with Gasteiger partial charge in [-0.1, -0.05) is 16.8 Å². The van der Waals surface area contributed by atoms with Crippen molar-refractivity contribution in [2.75, 3.05) is 16.8 Å². The number of pyridine rings is 2. The van der Waals surface area contributed by atoms with E-state index in [1.165, 1.54) is 30.8 Å². The van der Waals surface area contributed by atoms with Crippen LogP contribution in [0.5, 0.6) is 5.88 Å². The minimum atomic E-state index is -1.38. The van der Waals surface area contributed by atoms with E-state index in [1.807, 2.05) is 0 Å². The first-order valence-electron chi connectivity index (χ1n) is 8.93. The predicted molar refractivity (Wildman–Crippen MR) is 106 cm³/mol. The van der Waals surface area contributed by atoms with Gasteiger partial charge < -0.3 is 15.2 Å². The minimum Gasteiger partial charge on any atom is -0.466 e. The number of fused-ring (bicyclic) bond motifs is 1. The summed E-state index contributed by atoms with van der Waals surface area (Å²) in [6.07, 6.45) is -0.245. The van der Waals surface area contributed by atoms with Crippen molar-refractivity contribution >= 4 is 35.1 Å². The van der Waals surface area contributed by atoms with Crippen LogP contribution in [0.25, 0.3) is 11.4 Å². The Morgan fingerprint density at radius 1 is 1.45 bits per heavy atom. The molecule has 0 bridgehead atoms. The highest BCUT2D eigenvalue weighted by Gasteiger charge is 2.32. The van der Waals surface area contributed by atoms with Gasteiger partial charge in [0.05, 0.1) is 16.8 Å². The summed E-state index contributed by atoms with van der Waals surface area (Å²) in [6, 6.07) is 3.38. The van der Waals surface area contributed by atoms with Gasteiger partial charge in [0.25, 0.3) is 5.91 Å². The van der Waals surface area contributed by atoms with Gasteiger partial charge in [-0.2, -0.15) is 4.39 Å². The van der Waals surface area contributed by atoms with E-state index in [-0.39, 0.29) is 46.2 Å². The van der Waals surface area contributed by atoms with E-state index in [2.05, 4.69) is 25.6 Å².